The first kappa shape index (κ1) is 24.4. The lowest BCUT2D eigenvalue weighted by atomic mass is 9.98. The molecule has 0 aliphatic carbocycles. The number of benzene rings is 2. The predicted molar refractivity (Wildman–Crippen MR) is 132 cm³/mol. The van der Waals surface area contributed by atoms with E-state index >= 15 is 0 Å². The van der Waals surface area contributed by atoms with Crippen LogP contribution in [0.25, 0.3) is 17.2 Å². The van der Waals surface area contributed by atoms with Gasteiger partial charge in [0.2, 0.25) is 5.91 Å². The lowest BCUT2D eigenvalue weighted by Gasteiger charge is -2.60. The van der Waals surface area contributed by atoms with Crippen molar-refractivity contribution in [2.75, 3.05) is 40.0 Å². The van der Waals surface area contributed by atoms with Gasteiger partial charge in [0.05, 0.1) is 46.1 Å². The van der Waals surface area contributed by atoms with Crippen molar-refractivity contribution in [3.05, 3.63) is 59.7 Å². The number of hydrogen-bond donors (Lipinski definition) is 3. The van der Waals surface area contributed by atoms with Crippen LogP contribution in [0.2, 0.25) is 0 Å². The molecule has 36 heavy (non-hydrogen) atoms. The molecule has 0 aromatic heterocycles. The van der Waals surface area contributed by atoms with Crippen LogP contribution in [0, 0.1) is 0 Å². The Hall–Kier alpha value is -3.28. The van der Waals surface area contributed by atoms with E-state index in [0.29, 0.717) is 19.4 Å². The fourth-order valence-electron chi connectivity index (χ4n) is 5.24. The number of nitrogens with zero attached hydrogens (tertiary/aromatic N) is 4. The average molecular weight is 494 g/mol. The van der Waals surface area contributed by atoms with Gasteiger partial charge in [0.25, 0.3) is 0 Å². The quantitative estimate of drug-likeness (QED) is 0.199. The molecule has 4 bridgehead atoms. The summed E-state index contributed by atoms with van der Waals surface area (Å²) in [4.78, 5) is 31.8. The zero-order valence-electron chi connectivity index (χ0n) is 20.0. The predicted octanol–water partition coefficient (Wildman–Crippen LogP) is 2.54. The molecule has 0 spiro atoms. The highest BCUT2D eigenvalue weighted by Crippen LogP contribution is 2.41. The summed E-state index contributed by atoms with van der Waals surface area (Å²) in [7, 11) is 0. The minimum absolute atomic E-state index is 0.116. The summed E-state index contributed by atoms with van der Waals surface area (Å²) in [6.07, 6.45) is 4.44. The van der Waals surface area contributed by atoms with Crippen molar-refractivity contribution in [1.29, 1.82) is 0 Å². The van der Waals surface area contributed by atoms with Crippen LogP contribution >= 0.6 is 0 Å². The molecule has 6 rings (SSSR count). The molecule has 4 aliphatic heterocycles. The average Bonchev–Trinajstić information content (AvgIpc) is 2.87. The molecule has 2 aromatic carbocycles. The van der Waals surface area contributed by atoms with Crippen LogP contribution in [0.15, 0.2) is 48.5 Å². The SMILES string of the molecule is O=C(O)/C=C/c1ccc(-c2ccc(OCCCCC(=O)NO)c(C3N4CN5CN(C4)CN3C5)c2)cc1. The topological polar surface area (TPSA) is 109 Å². The third-order valence-electron chi connectivity index (χ3n) is 6.75. The minimum Gasteiger partial charge on any atom is -0.493 e. The number of hydrogen-bond acceptors (Lipinski definition) is 8. The second kappa shape index (κ2) is 10.8. The zero-order chi connectivity index (χ0) is 25.1. The molecule has 190 valence electrons. The van der Waals surface area contributed by atoms with Crippen LogP contribution in [0.1, 0.15) is 36.6 Å². The number of rotatable bonds is 10. The summed E-state index contributed by atoms with van der Waals surface area (Å²) in [6.45, 7) is 5.17. The van der Waals surface area contributed by atoms with Crippen molar-refractivity contribution in [1.82, 2.24) is 25.1 Å². The van der Waals surface area contributed by atoms with Gasteiger partial charge in [0.1, 0.15) is 5.75 Å². The van der Waals surface area contributed by atoms with E-state index in [2.05, 4.69) is 25.7 Å². The van der Waals surface area contributed by atoms with Gasteiger partial charge in [-0.15, -0.1) is 0 Å². The maximum Gasteiger partial charge on any atom is 0.328 e. The largest absolute Gasteiger partial charge is 0.493 e. The third kappa shape index (κ3) is 5.43. The van der Waals surface area contributed by atoms with Gasteiger partial charge in [0.15, 0.2) is 0 Å². The fraction of sp³-hybridized carbons (Fsp3) is 0.385. The van der Waals surface area contributed by atoms with Crippen LogP contribution in [-0.2, 0) is 9.59 Å². The Morgan fingerprint density at radius 1 is 0.944 bits per heavy atom. The van der Waals surface area contributed by atoms with E-state index < -0.39 is 5.97 Å². The molecule has 4 saturated heterocycles. The first-order valence-electron chi connectivity index (χ1n) is 12.1. The molecular weight excluding hydrogens is 462 g/mol. The molecule has 4 fully saturated rings. The monoisotopic (exact) mass is 493 g/mol. The summed E-state index contributed by atoms with van der Waals surface area (Å²) in [5, 5.41) is 17.5. The van der Waals surface area contributed by atoms with Crippen molar-refractivity contribution >= 4 is 18.0 Å². The number of carbonyl (C=O) groups is 2. The number of aliphatic carboxylic acids is 1. The van der Waals surface area contributed by atoms with Crippen LogP contribution in [-0.4, -0.2) is 81.7 Å². The second-order valence-electron chi connectivity index (χ2n) is 9.49. The van der Waals surface area contributed by atoms with E-state index in [4.69, 9.17) is 15.1 Å². The molecule has 1 amide bonds. The van der Waals surface area contributed by atoms with Crippen LogP contribution < -0.4 is 10.2 Å². The Kier molecular flexibility index (Phi) is 7.30. The molecule has 3 N–H and O–H groups in total. The molecule has 10 heteroatoms. The number of carbonyl (C=O) groups excluding carboxylic acids is 1. The summed E-state index contributed by atoms with van der Waals surface area (Å²) < 4.78 is 6.23. The number of nitrogens with one attached hydrogen (secondary N) is 1. The van der Waals surface area contributed by atoms with Gasteiger partial charge in [-0.1, -0.05) is 30.3 Å². The highest BCUT2D eigenvalue weighted by molar-refractivity contribution is 5.85. The lowest BCUT2D eigenvalue weighted by molar-refractivity contribution is -0.233. The number of carboxylic acids is 1. The van der Waals surface area contributed by atoms with E-state index in [0.717, 1.165) is 67.4 Å². The van der Waals surface area contributed by atoms with Gasteiger partial charge in [-0.25, -0.2) is 10.3 Å². The van der Waals surface area contributed by atoms with E-state index in [1.165, 1.54) is 0 Å². The Bertz CT molecular complexity index is 1110. The van der Waals surface area contributed by atoms with E-state index in [1.54, 1.807) is 11.6 Å². The smallest absolute Gasteiger partial charge is 0.328 e. The van der Waals surface area contributed by atoms with Crippen molar-refractivity contribution < 1.29 is 24.6 Å². The summed E-state index contributed by atoms with van der Waals surface area (Å²) >= 11 is 0. The number of hydroxylamine groups is 1. The molecular formula is C26H31N5O5. The Morgan fingerprint density at radius 2 is 1.61 bits per heavy atom. The molecule has 0 radical (unpaired) electrons. The van der Waals surface area contributed by atoms with E-state index in [9.17, 15) is 9.59 Å². The number of carboxylic acid groups (broad SMARTS) is 1. The fourth-order valence-corrected chi connectivity index (χ4v) is 5.24. The molecule has 2 aromatic rings. The van der Waals surface area contributed by atoms with Gasteiger partial charge in [0, 0.05) is 18.1 Å². The molecule has 0 unspecified atom stereocenters. The molecule has 10 nitrogen and oxygen atoms in total. The third-order valence-corrected chi connectivity index (χ3v) is 6.75. The summed E-state index contributed by atoms with van der Waals surface area (Å²) in [5.41, 5.74) is 5.74. The van der Waals surface area contributed by atoms with Crippen LogP contribution in [0.3, 0.4) is 0 Å². The highest BCUT2D eigenvalue weighted by Gasteiger charge is 2.45. The second-order valence-corrected chi connectivity index (χ2v) is 9.49. The zero-order valence-corrected chi connectivity index (χ0v) is 20.0. The maximum absolute atomic E-state index is 11.3. The first-order valence-corrected chi connectivity index (χ1v) is 12.1. The summed E-state index contributed by atoms with van der Waals surface area (Å²) in [5.74, 6) is -0.512. The van der Waals surface area contributed by atoms with Crippen LogP contribution in [0.4, 0.5) is 0 Å². The summed E-state index contributed by atoms with van der Waals surface area (Å²) in [6, 6.07) is 14.1. The standard InChI is InChI=1S/C26H31N5O5/c32-24(27-35)3-1-2-12-36-23-10-9-21(20-7-4-19(5-8-20)6-11-25(33)34)13-22(23)26-30-15-28-14-29(17-30)18-31(26)16-28/h4-11,13,26,35H,1-3,12,14-18H2,(H,27,32)(H,33,34)/b11-6+. The first-order chi connectivity index (χ1) is 17.5. The van der Waals surface area contributed by atoms with E-state index in [-0.39, 0.29) is 18.5 Å². The van der Waals surface area contributed by atoms with Gasteiger partial charge in [-0.05, 0) is 47.7 Å². The Labute approximate surface area is 209 Å². The number of ether oxygens (including phenoxy) is 1. The lowest BCUT2D eigenvalue weighted by Crippen LogP contribution is -2.72. The van der Waals surface area contributed by atoms with Crippen molar-refractivity contribution in [2.24, 2.45) is 0 Å². The number of amides is 1. The molecule has 4 aliphatic rings. The van der Waals surface area contributed by atoms with Crippen LogP contribution in [0.5, 0.6) is 5.75 Å². The Morgan fingerprint density at radius 3 is 2.25 bits per heavy atom. The molecule has 0 atom stereocenters. The van der Waals surface area contributed by atoms with Crippen molar-refractivity contribution in [3.63, 3.8) is 0 Å². The maximum atomic E-state index is 11.3. The molecule has 4 heterocycles. The molecule has 0 saturated carbocycles. The van der Waals surface area contributed by atoms with Crippen molar-refractivity contribution in [3.8, 4) is 16.9 Å². The Balaban J connectivity index is 1.38. The van der Waals surface area contributed by atoms with Gasteiger partial charge in [-0.2, -0.15) is 0 Å². The number of unbranched alkanes of at least 4 members (excludes halogenated alkanes) is 1. The van der Waals surface area contributed by atoms with Gasteiger partial charge < -0.3 is 9.84 Å². The van der Waals surface area contributed by atoms with E-state index in [1.807, 2.05) is 36.4 Å². The minimum atomic E-state index is -0.968. The highest BCUT2D eigenvalue weighted by atomic mass is 16.5. The van der Waals surface area contributed by atoms with Crippen molar-refractivity contribution in [2.45, 2.75) is 25.4 Å². The normalized spacial score (nSPS) is 26.3. The van der Waals surface area contributed by atoms with Gasteiger partial charge >= 0.3 is 5.97 Å². The van der Waals surface area contributed by atoms with Gasteiger partial charge in [-0.3, -0.25) is 29.6 Å².